The maximum Gasteiger partial charge on any atom is 0.166 e. The van der Waals surface area contributed by atoms with Gasteiger partial charge in [0.05, 0.1) is 23.4 Å². The Kier molecular flexibility index (Phi) is 4.91. The molecule has 2 atom stereocenters. The molecule has 3 heterocycles. The van der Waals surface area contributed by atoms with Crippen LogP contribution in [0.15, 0.2) is 30.6 Å². The van der Waals surface area contributed by atoms with Crippen molar-refractivity contribution in [2.45, 2.75) is 32.1 Å². The van der Waals surface area contributed by atoms with Crippen molar-refractivity contribution in [3.8, 4) is 17.0 Å². The summed E-state index contributed by atoms with van der Waals surface area (Å²) in [6.45, 7) is 2.22. The van der Waals surface area contributed by atoms with Gasteiger partial charge in [0, 0.05) is 35.0 Å². The van der Waals surface area contributed by atoms with Crippen molar-refractivity contribution in [3.63, 3.8) is 0 Å². The van der Waals surface area contributed by atoms with Crippen LogP contribution >= 0.6 is 23.2 Å². The lowest BCUT2D eigenvalue weighted by Gasteiger charge is -2.19. The first-order valence-corrected chi connectivity index (χ1v) is 9.39. The molecule has 1 aromatic carbocycles. The highest BCUT2D eigenvalue weighted by atomic mass is 35.5. The average Bonchev–Trinajstić information content (AvgIpc) is 3.18. The predicted octanol–water partition coefficient (Wildman–Crippen LogP) is 4.03. The minimum absolute atomic E-state index is 0.0910. The number of hydrogen-bond donors (Lipinski definition) is 2. The Hall–Kier alpha value is -2.35. The van der Waals surface area contributed by atoms with Gasteiger partial charge in [0.25, 0.3) is 0 Å². The van der Waals surface area contributed by atoms with E-state index < -0.39 is 18.0 Å². The average molecular weight is 423 g/mol. The van der Waals surface area contributed by atoms with Crippen molar-refractivity contribution in [2.24, 2.45) is 0 Å². The van der Waals surface area contributed by atoms with E-state index in [0.717, 1.165) is 5.82 Å². The molecular formula is C19H17Cl2FN4O2. The van der Waals surface area contributed by atoms with Gasteiger partial charge in [-0.15, -0.1) is 0 Å². The molecule has 0 radical (unpaired) electrons. The Labute approximate surface area is 170 Å². The molecule has 1 aliphatic rings. The molecule has 3 aromatic rings. The number of halogens is 3. The van der Waals surface area contributed by atoms with Gasteiger partial charge in [0.15, 0.2) is 11.6 Å². The van der Waals surface area contributed by atoms with Gasteiger partial charge in [0.2, 0.25) is 0 Å². The van der Waals surface area contributed by atoms with Gasteiger partial charge in [-0.3, -0.25) is 0 Å². The third-order valence-corrected chi connectivity index (χ3v) is 5.37. The van der Waals surface area contributed by atoms with Crippen molar-refractivity contribution in [1.29, 1.82) is 0 Å². The molecule has 0 saturated carbocycles. The SMILES string of the molecule is CC(Oc1cc(-c2cn3c(n2)CC(O)C3)cnc1N)c1c(Cl)ccc(F)c1Cl. The second-order valence-corrected chi connectivity index (χ2v) is 7.46. The molecule has 6 nitrogen and oxygen atoms in total. The molecule has 146 valence electrons. The summed E-state index contributed by atoms with van der Waals surface area (Å²) in [7, 11) is 0. The Morgan fingerprint density at radius 1 is 1.39 bits per heavy atom. The van der Waals surface area contributed by atoms with Crippen LogP contribution in [0.5, 0.6) is 5.75 Å². The quantitative estimate of drug-likeness (QED) is 0.619. The number of nitrogens with two attached hydrogens (primary N) is 1. The lowest BCUT2D eigenvalue weighted by Crippen LogP contribution is -2.08. The molecule has 2 aromatic heterocycles. The molecule has 4 rings (SSSR count). The summed E-state index contributed by atoms with van der Waals surface area (Å²) >= 11 is 12.2. The van der Waals surface area contributed by atoms with Gasteiger partial charge in [0.1, 0.15) is 17.7 Å². The van der Waals surface area contributed by atoms with E-state index >= 15 is 0 Å². The van der Waals surface area contributed by atoms with E-state index in [-0.39, 0.29) is 10.8 Å². The van der Waals surface area contributed by atoms with Crippen LogP contribution in [0.4, 0.5) is 10.2 Å². The summed E-state index contributed by atoms with van der Waals surface area (Å²) in [4.78, 5) is 8.71. The minimum atomic E-state index is -0.655. The second kappa shape index (κ2) is 7.24. The van der Waals surface area contributed by atoms with Crippen molar-refractivity contribution in [1.82, 2.24) is 14.5 Å². The number of rotatable bonds is 4. The van der Waals surface area contributed by atoms with Crippen LogP contribution < -0.4 is 10.5 Å². The zero-order valence-electron chi connectivity index (χ0n) is 14.9. The Bertz CT molecular complexity index is 1030. The summed E-state index contributed by atoms with van der Waals surface area (Å²) in [6.07, 6.45) is 2.91. The highest BCUT2D eigenvalue weighted by Crippen LogP contribution is 2.37. The van der Waals surface area contributed by atoms with Crippen LogP contribution in [0, 0.1) is 5.82 Å². The molecule has 0 saturated heterocycles. The van der Waals surface area contributed by atoms with Gasteiger partial charge >= 0.3 is 0 Å². The van der Waals surface area contributed by atoms with Gasteiger partial charge in [-0.25, -0.2) is 14.4 Å². The van der Waals surface area contributed by atoms with E-state index in [2.05, 4.69) is 9.97 Å². The minimum Gasteiger partial charge on any atom is -0.482 e. The number of nitrogens with zero attached hydrogens (tertiary/aromatic N) is 3. The molecule has 3 N–H and O–H groups in total. The van der Waals surface area contributed by atoms with E-state index in [0.29, 0.717) is 40.6 Å². The molecule has 0 aliphatic carbocycles. The highest BCUT2D eigenvalue weighted by molar-refractivity contribution is 6.36. The first-order valence-electron chi connectivity index (χ1n) is 8.63. The van der Waals surface area contributed by atoms with Gasteiger partial charge in [-0.2, -0.15) is 0 Å². The Morgan fingerprint density at radius 3 is 2.93 bits per heavy atom. The highest BCUT2D eigenvalue weighted by Gasteiger charge is 2.23. The number of aliphatic hydroxyl groups is 1. The van der Waals surface area contributed by atoms with E-state index in [1.165, 1.54) is 12.1 Å². The van der Waals surface area contributed by atoms with Crippen molar-refractivity contribution in [3.05, 3.63) is 57.8 Å². The van der Waals surface area contributed by atoms with Crippen LogP contribution in [0.1, 0.15) is 24.4 Å². The number of ether oxygens (including phenoxy) is 1. The number of fused-ring (bicyclic) bond motifs is 1. The summed E-state index contributed by atoms with van der Waals surface area (Å²) < 4.78 is 21.6. The number of benzene rings is 1. The second-order valence-electron chi connectivity index (χ2n) is 6.68. The molecule has 28 heavy (non-hydrogen) atoms. The third-order valence-electron chi connectivity index (χ3n) is 4.65. The molecule has 0 bridgehead atoms. The molecule has 9 heteroatoms. The van der Waals surface area contributed by atoms with Gasteiger partial charge < -0.3 is 20.1 Å². The summed E-state index contributed by atoms with van der Waals surface area (Å²) in [5.41, 5.74) is 7.71. The molecular weight excluding hydrogens is 406 g/mol. The fraction of sp³-hybridized carbons (Fsp3) is 0.263. The normalized spacial score (nSPS) is 16.8. The first kappa shape index (κ1) is 19.0. The number of aromatic nitrogens is 3. The van der Waals surface area contributed by atoms with E-state index in [1.54, 1.807) is 19.2 Å². The van der Waals surface area contributed by atoms with Crippen LogP contribution in [0.3, 0.4) is 0 Å². The number of pyridine rings is 1. The van der Waals surface area contributed by atoms with Crippen molar-refractivity contribution < 1.29 is 14.2 Å². The largest absolute Gasteiger partial charge is 0.482 e. The Balaban J connectivity index is 1.63. The molecule has 2 unspecified atom stereocenters. The van der Waals surface area contributed by atoms with Crippen molar-refractivity contribution >= 4 is 29.0 Å². The fourth-order valence-electron chi connectivity index (χ4n) is 3.27. The van der Waals surface area contributed by atoms with Crippen molar-refractivity contribution in [2.75, 3.05) is 5.73 Å². The number of imidazole rings is 1. The van der Waals surface area contributed by atoms with Crippen LogP contribution in [-0.4, -0.2) is 25.7 Å². The smallest absolute Gasteiger partial charge is 0.166 e. The standard InChI is InChI=1S/C19H17Cl2FN4O2/c1-9(17-12(20)2-3-13(22)18(17)21)28-15-4-10(6-24-19(15)23)14-8-26-7-11(27)5-16(26)25-14/h2-4,6,8-9,11,27H,5,7H2,1H3,(H2,23,24). The fourth-order valence-corrected chi connectivity index (χ4v) is 3.95. The Morgan fingerprint density at radius 2 is 2.18 bits per heavy atom. The van der Waals surface area contributed by atoms with E-state index in [9.17, 15) is 9.50 Å². The zero-order valence-corrected chi connectivity index (χ0v) is 16.4. The maximum absolute atomic E-state index is 13.8. The molecule has 0 spiro atoms. The van der Waals surface area contributed by atoms with E-state index in [4.69, 9.17) is 33.7 Å². The lowest BCUT2D eigenvalue weighted by molar-refractivity contribution is 0.175. The zero-order chi connectivity index (χ0) is 20.0. The van der Waals surface area contributed by atoms with Gasteiger partial charge in [-0.1, -0.05) is 23.2 Å². The number of anilines is 1. The number of nitrogen functional groups attached to an aromatic ring is 1. The monoisotopic (exact) mass is 422 g/mol. The predicted molar refractivity (Wildman–Crippen MR) is 105 cm³/mol. The topological polar surface area (TPSA) is 86.2 Å². The van der Waals surface area contributed by atoms with Crippen LogP contribution in [0.25, 0.3) is 11.3 Å². The number of aliphatic hydroxyl groups excluding tert-OH is 1. The summed E-state index contributed by atoms with van der Waals surface area (Å²) in [6, 6.07) is 4.35. The summed E-state index contributed by atoms with van der Waals surface area (Å²) in [5.74, 6) is 0.732. The maximum atomic E-state index is 13.8. The molecule has 0 amide bonds. The number of hydrogen-bond acceptors (Lipinski definition) is 5. The third kappa shape index (κ3) is 3.41. The van der Waals surface area contributed by atoms with E-state index in [1.807, 2.05) is 10.8 Å². The van der Waals surface area contributed by atoms with Crippen LogP contribution in [0.2, 0.25) is 10.0 Å². The van der Waals surface area contributed by atoms with Gasteiger partial charge in [-0.05, 0) is 25.1 Å². The molecule has 0 fully saturated rings. The molecule has 1 aliphatic heterocycles. The first-order chi connectivity index (χ1) is 13.3. The van der Waals surface area contributed by atoms with Crippen LogP contribution in [-0.2, 0) is 13.0 Å². The summed E-state index contributed by atoms with van der Waals surface area (Å²) in [5, 5.41) is 9.90. The lowest BCUT2D eigenvalue weighted by atomic mass is 10.1.